The van der Waals surface area contributed by atoms with Crippen molar-refractivity contribution in [2.24, 2.45) is 0 Å². The fourth-order valence-corrected chi connectivity index (χ4v) is 3.24. The number of fused-ring (bicyclic) bond motifs is 2. The number of carbonyl (C=O) groups excluding carboxylic acids is 2. The summed E-state index contributed by atoms with van der Waals surface area (Å²) < 4.78 is 0. The molecule has 0 bridgehead atoms. The maximum Gasteiger partial charge on any atom is 0.246 e. The predicted octanol–water partition coefficient (Wildman–Crippen LogP) is 2.43. The van der Waals surface area contributed by atoms with Crippen molar-refractivity contribution >= 4 is 35.1 Å². The molecule has 27 heavy (non-hydrogen) atoms. The van der Waals surface area contributed by atoms with Crippen molar-refractivity contribution in [3.8, 4) is 0 Å². The smallest absolute Gasteiger partial charge is 0.246 e. The number of aromatic nitrogens is 1. The summed E-state index contributed by atoms with van der Waals surface area (Å²) in [6, 6.07) is 8.07. The molecular formula is C20H21N5O2. The molecule has 2 aliphatic rings. The molecule has 1 aromatic heterocycles. The molecule has 0 saturated carbocycles. The predicted molar refractivity (Wildman–Crippen MR) is 105 cm³/mol. The Hall–Kier alpha value is -3.35. The molecule has 4 rings (SSSR count). The second-order valence-corrected chi connectivity index (χ2v) is 6.76. The Balaban J connectivity index is 1.40. The fourth-order valence-electron chi connectivity index (χ4n) is 3.24. The lowest BCUT2D eigenvalue weighted by Crippen LogP contribution is -2.24. The van der Waals surface area contributed by atoms with Gasteiger partial charge in [0.2, 0.25) is 11.8 Å². The summed E-state index contributed by atoms with van der Waals surface area (Å²) in [6.07, 6.45) is 6.11. The van der Waals surface area contributed by atoms with Gasteiger partial charge in [0.1, 0.15) is 5.82 Å². The van der Waals surface area contributed by atoms with Gasteiger partial charge in [0.05, 0.1) is 18.0 Å². The normalized spacial score (nSPS) is 14.8. The Labute approximate surface area is 157 Å². The highest BCUT2D eigenvalue weighted by Crippen LogP contribution is 2.27. The second kappa shape index (κ2) is 7.11. The van der Waals surface area contributed by atoms with Crippen LogP contribution in [0.3, 0.4) is 0 Å². The van der Waals surface area contributed by atoms with Gasteiger partial charge in [-0.05, 0) is 47.4 Å². The summed E-state index contributed by atoms with van der Waals surface area (Å²) in [6.45, 7) is 1.27. The topological polar surface area (TPSA) is 86.4 Å². The number of pyridine rings is 1. The molecule has 138 valence electrons. The van der Waals surface area contributed by atoms with Crippen molar-refractivity contribution in [3.63, 3.8) is 0 Å². The zero-order valence-electron chi connectivity index (χ0n) is 15.1. The SMILES string of the molecule is CN(Cc1ccc2c(c1)NCN2)C(=O)/C=C/c1cnc2c(c1)CCC(=O)N2. The van der Waals surface area contributed by atoms with E-state index >= 15 is 0 Å². The van der Waals surface area contributed by atoms with Gasteiger partial charge >= 0.3 is 0 Å². The molecule has 1 aromatic carbocycles. The van der Waals surface area contributed by atoms with Crippen LogP contribution in [0.25, 0.3) is 6.08 Å². The largest absolute Gasteiger partial charge is 0.366 e. The van der Waals surface area contributed by atoms with Crippen molar-refractivity contribution in [2.45, 2.75) is 19.4 Å². The fraction of sp³-hybridized carbons (Fsp3) is 0.250. The Morgan fingerprint density at radius 2 is 2.07 bits per heavy atom. The summed E-state index contributed by atoms with van der Waals surface area (Å²) in [5.41, 5.74) is 5.07. The minimum Gasteiger partial charge on any atom is -0.366 e. The Morgan fingerprint density at radius 1 is 1.22 bits per heavy atom. The van der Waals surface area contributed by atoms with E-state index in [1.54, 1.807) is 30.3 Å². The van der Waals surface area contributed by atoms with Gasteiger partial charge in [-0.1, -0.05) is 6.07 Å². The van der Waals surface area contributed by atoms with Crippen LogP contribution in [-0.2, 0) is 22.6 Å². The van der Waals surface area contributed by atoms with Crippen LogP contribution in [0.5, 0.6) is 0 Å². The van der Waals surface area contributed by atoms with Crippen LogP contribution < -0.4 is 16.0 Å². The van der Waals surface area contributed by atoms with Crippen LogP contribution in [0.15, 0.2) is 36.5 Å². The van der Waals surface area contributed by atoms with Crippen molar-refractivity contribution in [1.29, 1.82) is 0 Å². The van der Waals surface area contributed by atoms with Crippen molar-refractivity contribution in [2.75, 3.05) is 29.7 Å². The van der Waals surface area contributed by atoms with E-state index in [0.29, 0.717) is 25.2 Å². The van der Waals surface area contributed by atoms with Gasteiger partial charge in [-0.2, -0.15) is 0 Å². The van der Waals surface area contributed by atoms with Gasteiger partial charge in [-0.3, -0.25) is 9.59 Å². The standard InChI is InChI=1S/C20H21N5O2/c1-25(11-14-2-5-16-17(9-14)23-12-22-16)19(27)7-3-13-8-15-4-6-18(26)24-20(15)21-10-13/h2-3,5,7-10,22-23H,4,6,11-12H2,1H3,(H,21,24,26)/b7-3+. The van der Waals surface area contributed by atoms with E-state index in [4.69, 9.17) is 0 Å². The van der Waals surface area contributed by atoms with E-state index in [-0.39, 0.29) is 11.8 Å². The van der Waals surface area contributed by atoms with Gasteiger partial charge < -0.3 is 20.9 Å². The van der Waals surface area contributed by atoms with Crippen LogP contribution in [0.2, 0.25) is 0 Å². The zero-order chi connectivity index (χ0) is 18.8. The van der Waals surface area contributed by atoms with Gasteiger partial charge in [-0.25, -0.2) is 4.98 Å². The first kappa shape index (κ1) is 17.1. The lowest BCUT2D eigenvalue weighted by Gasteiger charge is -2.16. The second-order valence-electron chi connectivity index (χ2n) is 6.76. The number of carbonyl (C=O) groups is 2. The Kier molecular flexibility index (Phi) is 4.50. The lowest BCUT2D eigenvalue weighted by atomic mass is 10.0. The van der Waals surface area contributed by atoms with Crippen molar-refractivity contribution < 1.29 is 9.59 Å². The molecule has 7 nitrogen and oxygen atoms in total. The van der Waals surface area contributed by atoms with Gasteiger partial charge in [0.15, 0.2) is 0 Å². The number of amides is 2. The first-order valence-electron chi connectivity index (χ1n) is 8.91. The number of anilines is 3. The van der Waals surface area contributed by atoms with E-state index in [1.807, 2.05) is 18.2 Å². The van der Waals surface area contributed by atoms with Gasteiger partial charge in [0.25, 0.3) is 0 Å². The van der Waals surface area contributed by atoms with E-state index in [9.17, 15) is 9.59 Å². The Morgan fingerprint density at radius 3 is 2.96 bits per heavy atom. The minimum absolute atomic E-state index is 0.00682. The van der Waals surface area contributed by atoms with Crippen LogP contribution in [-0.4, -0.2) is 35.4 Å². The molecular weight excluding hydrogens is 342 g/mol. The third kappa shape index (κ3) is 3.76. The molecule has 0 radical (unpaired) electrons. The maximum atomic E-state index is 12.4. The monoisotopic (exact) mass is 363 g/mol. The number of nitrogens with zero attached hydrogens (tertiary/aromatic N) is 2. The van der Waals surface area contributed by atoms with Gasteiger partial charge in [-0.15, -0.1) is 0 Å². The van der Waals surface area contributed by atoms with Crippen molar-refractivity contribution in [3.05, 3.63) is 53.2 Å². The molecule has 2 aromatic rings. The van der Waals surface area contributed by atoms with Crippen molar-refractivity contribution in [1.82, 2.24) is 9.88 Å². The van der Waals surface area contributed by atoms with Crippen LogP contribution >= 0.6 is 0 Å². The zero-order valence-corrected chi connectivity index (χ0v) is 15.1. The van der Waals surface area contributed by atoms with Crippen LogP contribution in [0.1, 0.15) is 23.1 Å². The number of likely N-dealkylation sites (N-methyl/N-ethyl adjacent to an activating group) is 1. The average molecular weight is 363 g/mol. The Bertz CT molecular complexity index is 938. The third-order valence-electron chi connectivity index (χ3n) is 4.72. The average Bonchev–Trinajstić information content (AvgIpc) is 3.13. The highest BCUT2D eigenvalue weighted by Gasteiger charge is 2.16. The van der Waals surface area contributed by atoms with Gasteiger partial charge in [0, 0.05) is 32.3 Å². The lowest BCUT2D eigenvalue weighted by molar-refractivity contribution is -0.125. The van der Waals surface area contributed by atoms with E-state index in [0.717, 1.165) is 34.7 Å². The molecule has 2 amide bonds. The highest BCUT2D eigenvalue weighted by atomic mass is 16.2. The summed E-state index contributed by atoms with van der Waals surface area (Å²) in [5.74, 6) is 0.534. The minimum atomic E-state index is -0.0763. The van der Waals surface area contributed by atoms with E-state index in [2.05, 4.69) is 27.0 Å². The highest BCUT2D eigenvalue weighted by molar-refractivity contribution is 5.93. The quantitative estimate of drug-likeness (QED) is 0.727. The third-order valence-corrected chi connectivity index (χ3v) is 4.72. The first-order chi connectivity index (χ1) is 13.1. The maximum absolute atomic E-state index is 12.4. The molecule has 0 atom stereocenters. The summed E-state index contributed by atoms with van der Waals surface area (Å²) in [4.78, 5) is 29.8. The number of hydrogen-bond donors (Lipinski definition) is 3. The molecule has 0 fully saturated rings. The molecule has 3 N–H and O–H groups in total. The molecule has 3 heterocycles. The molecule has 2 aliphatic heterocycles. The molecule has 0 aliphatic carbocycles. The number of rotatable bonds is 4. The van der Waals surface area contributed by atoms with Crippen LogP contribution in [0, 0.1) is 0 Å². The number of hydrogen-bond acceptors (Lipinski definition) is 5. The van der Waals surface area contributed by atoms with Crippen LogP contribution in [0.4, 0.5) is 17.2 Å². The molecule has 0 spiro atoms. The first-order valence-corrected chi connectivity index (χ1v) is 8.91. The number of nitrogens with one attached hydrogen (secondary N) is 3. The molecule has 0 saturated heterocycles. The van der Waals surface area contributed by atoms with E-state index < -0.39 is 0 Å². The molecule has 7 heteroatoms. The summed E-state index contributed by atoms with van der Waals surface area (Å²) >= 11 is 0. The number of aryl methyl sites for hydroxylation is 1. The summed E-state index contributed by atoms with van der Waals surface area (Å²) in [7, 11) is 1.78. The number of benzene rings is 1. The molecule has 0 unspecified atom stereocenters. The van der Waals surface area contributed by atoms with E-state index in [1.165, 1.54) is 0 Å². The summed E-state index contributed by atoms with van der Waals surface area (Å²) in [5, 5.41) is 9.25.